The van der Waals surface area contributed by atoms with Gasteiger partial charge in [0.1, 0.15) is 10.8 Å². The summed E-state index contributed by atoms with van der Waals surface area (Å²) in [6.45, 7) is 3.75. The molecule has 1 heterocycles. The third-order valence-electron chi connectivity index (χ3n) is 2.24. The molecule has 0 N–H and O–H groups in total. The molecule has 3 nitrogen and oxygen atoms in total. The first kappa shape index (κ1) is 14.0. The number of thiazole rings is 1. The van der Waals surface area contributed by atoms with Crippen LogP contribution >= 0.6 is 24.0 Å². The number of hydrogen-bond donors (Lipinski definition) is 1. The summed E-state index contributed by atoms with van der Waals surface area (Å²) >= 11 is 5.72. The molecule has 0 aliphatic rings. The molecule has 0 aromatic carbocycles. The highest BCUT2D eigenvalue weighted by Crippen LogP contribution is 2.23. The first-order chi connectivity index (χ1) is 7.52. The lowest BCUT2D eigenvalue weighted by Gasteiger charge is -1.96. The normalized spacial score (nSPS) is 11.9. The van der Waals surface area contributed by atoms with E-state index in [0.717, 1.165) is 23.4 Å². The van der Waals surface area contributed by atoms with Gasteiger partial charge in [0.25, 0.3) is 0 Å². The fourth-order valence-electron chi connectivity index (χ4n) is 1.34. The van der Waals surface area contributed by atoms with E-state index in [4.69, 9.17) is 0 Å². The molecule has 0 aliphatic carbocycles. The molecule has 0 amide bonds. The van der Waals surface area contributed by atoms with Crippen LogP contribution in [0.5, 0.6) is 0 Å². The molecule has 1 aromatic rings. The Hall–Kier alpha value is -0.0700. The summed E-state index contributed by atoms with van der Waals surface area (Å²) in [4.78, 5) is 5.50. The van der Waals surface area contributed by atoms with Crippen molar-refractivity contribution in [1.82, 2.24) is 4.98 Å². The number of thiol groups is 1. The monoisotopic (exact) mass is 279 g/mol. The van der Waals surface area contributed by atoms with Crippen molar-refractivity contribution in [1.29, 1.82) is 0 Å². The Morgan fingerprint density at radius 1 is 1.38 bits per heavy atom. The van der Waals surface area contributed by atoms with Gasteiger partial charge in [-0.2, -0.15) is 12.6 Å². The van der Waals surface area contributed by atoms with Crippen molar-refractivity contribution < 1.29 is 8.42 Å². The predicted octanol–water partition coefficient (Wildman–Crippen LogP) is 2.46. The molecule has 1 rings (SSSR count). The molecule has 0 saturated heterocycles. The Balaban J connectivity index is 2.90. The van der Waals surface area contributed by atoms with Crippen molar-refractivity contribution in [3.63, 3.8) is 0 Å². The first-order valence-corrected chi connectivity index (χ1v) is 8.58. The molecule has 0 bridgehead atoms. The molecule has 0 aliphatic heterocycles. The Morgan fingerprint density at radius 3 is 2.56 bits per heavy atom. The zero-order valence-electron chi connectivity index (χ0n) is 9.56. The van der Waals surface area contributed by atoms with Gasteiger partial charge in [-0.1, -0.05) is 20.3 Å². The molecule has 1 aromatic heterocycles. The molecule has 16 heavy (non-hydrogen) atoms. The van der Waals surface area contributed by atoms with E-state index in [1.54, 1.807) is 6.92 Å². The van der Waals surface area contributed by atoms with Gasteiger partial charge in [-0.3, -0.25) is 0 Å². The number of hydrogen-bond acceptors (Lipinski definition) is 5. The molecule has 0 spiro atoms. The van der Waals surface area contributed by atoms with E-state index in [1.165, 1.54) is 11.3 Å². The minimum Gasteiger partial charge on any atom is -0.245 e. The quantitative estimate of drug-likeness (QED) is 0.814. The molecule has 92 valence electrons. The van der Waals surface area contributed by atoms with Crippen LogP contribution < -0.4 is 0 Å². The van der Waals surface area contributed by atoms with E-state index in [2.05, 4.69) is 24.5 Å². The van der Waals surface area contributed by atoms with Crippen molar-refractivity contribution in [3.05, 3.63) is 15.6 Å². The van der Waals surface area contributed by atoms with Gasteiger partial charge in [-0.15, -0.1) is 11.3 Å². The molecule has 0 radical (unpaired) electrons. The van der Waals surface area contributed by atoms with Crippen LogP contribution in [-0.2, 0) is 27.8 Å². The van der Waals surface area contributed by atoms with E-state index in [-0.39, 0.29) is 11.5 Å². The highest BCUT2D eigenvalue weighted by atomic mass is 32.2. The van der Waals surface area contributed by atoms with Gasteiger partial charge in [-0.05, 0) is 6.42 Å². The van der Waals surface area contributed by atoms with Crippen LogP contribution in [0.25, 0.3) is 0 Å². The molecule has 0 fully saturated rings. The second kappa shape index (κ2) is 6.02. The van der Waals surface area contributed by atoms with Gasteiger partial charge in [0, 0.05) is 16.4 Å². The summed E-state index contributed by atoms with van der Waals surface area (Å²) in [6.07, 6.45) is 1.92. The highest BCUT2D eigenvalue weighted by molar-refractivity contribution is 7.90. The van der Waals surface area contributed by atoms with Gasteiger partial charge in [0.2, 0.25) is 0 Å². The van der Waals surface area contributed by atoms with Gasteiger partial charge in [0.05, 0.1) is 5.69 Å². The van der Waals surface area contributed by atoms with Crippen LogP contribution in [0.4, 0.5) is 0 Å². The topological polar surface area (TPSA) is 47.0 Å². The Morgan fingerprint density at radius 2 is 2.06 bits per heavy atom. The van der Waals surface area contributed by atoms with Gasteiger partial charge < -0.3 is 0 Å². The summed E-state index contributed by atoms with van der Waals surface area (Å²) in [7, 11) is -2.98. The van der Waals surface area contributed by atoms with Gasteiger partial charge in [-0.25, -0.2) is 13.4 Å². The second-order valence-corrected chi connectivity index (χ2v) is 7.40. The average molecular weight is 279 g/mol. The fourth-order valence-corrected chi connectivity index (χ4v) is 3.91. The minimum absolute atomic E-state index is 0.0681. The van der Waals surface area contributed by atoms with Crippen LogP contribution in [0.15, 0.2) is 0 Å². The standard InChI is InChI=1S/C10H17NO2S3/c1-3-5-8-9(6-14)15-10(11-8)7-16(12,13)4-2/h14H,3-7H2,1-2H3. The third-order valence-corrected chi connectivity index (χ3v) is 5.64. The molecular formula is C10H17NO2S3. The van der Waals surface area contributed by atoms with Gasteiger partial charge >= 0.3 is 0 Å². The zero-order chi connectivity index (χ0) is 12.2. The summed E-state index contributed by atoms with van der Waals surface area (Å²) in [5, 5.41) is 0.703. The van der Waals surface area contributed by atoms with Crippen molar-refractivity contribution >= 4 is 33.8 Å². The molecule has 0 unspecified atom stereocenters. The van der Waals surface area contributed by atoms with E-state index < -0.39 is 9.84 Å². The minimum atomic E-state index is -2.98. The lowest BCUT2D eigenvalue weighted by molar-refractivity contribution is 0.596. The predicted molar refractivity (Wildman–Crippen MR) is 72.0 cm³/mol. The van der Waals surface area contributed by atoms with E-state index in [1.807, 2.05) is 0 Å². The zero-order valence-corrected chi connectivity index (χ0v) is 12.1. The summed E-state index contributed by atoms with van der Waals surface area (Å²) in [5.41, 5.74) is 1.02. The Bertz CT molecular complexity index is 437. The SMILES string of the molecule is CCCc1nc(CS(=O)(=O)CC)sc1CS. The van der Waals surface area contributed by atoms with Crippen molar-refractivity contribution in [2.75, 3.05) is 5.75 Å². The Labute approximate surface area is 107 Å². The van der Waals surface area contributed by atoms with Crippen LogP contribution in [0.2, 0.25) is 0 Å². The van der Waals surface area contributed by atoms with Crippen molar-refractivity contribution in [3.8, 4) is 0 Å². The molecule has 6 heteroatoms. The lowest BCUT2D eigenvalue weighted by atomic mass is 10.2. The maximum absolute atomic E-state index is 11.5. The molecular weight excluding hydrogens is 262 g/mol. The third kappa shape index (κ3) is 3.75. The first-order valence-electron chi connectivity index (χ1n) is 5.31. The second-order valence-electron chi connectivity index (χ2n) is 3.56. The lowest BCUT2D eigenvalue weighted by Crippen LogP contribution is -2.06. The number of nitrogens with zero attached hydrogens (tertiary/aromatic N) is 1. The van der Waals surface area contributed by atoms with Crippen LogP contribution in [-0.4, -0.2) is 19.2 Å². The number of aryl methyl sites for hydroxylation is 1. The number of aromatic nitrogens is 1. The largest absolute Gasteiger partial charge is 0.245 e. The molecule has 0 saturated carbocycles. The molecule has 0 atom stereocenters. The van der Waals surface area contributed by atoms with E-state index in [9.17, 15) is 8.42 Å². The smallest absolute Gasteiger partial charge is 0.156 e. The maximum Gasteiger partial charge on any atom is 0.156 e. The number of sulfone groups is 1. The van der Waals surface area contributed by atoms with Crippen LogP contribution in [0.3, 0.4) is 0 Å². The Kier molecular flexibility index (Phi) is 5.27. The maximum atomic E-state index is 11.5. The number of rotatable bonds is 6. The summed E-state index contributed by atoms with van der Waals surface area (Å²) in [6, 6.07) is 0. The van der Waals surface area contributed by atoms with Crippen molar-refractivity contribution in [2.24, 2.45) is 0 Å². The van der Waals surface area contributed by atoms with Crippen LogP contribution in [0.1, 0.15) is 35.8 Å². The summed E-state index contributed by atoms with van der Waals surface area (Å²) < 4.78 is 23.0. The van der Waals surface area contributed by atoms with Crippen molar-refractivity contribution in [2.45, 2.75) is 38.2 Å². The van der Waals surface area contributed by atoms with Gasteiger partial charge in [0.15, 0.2) is 9.84 Å². The fraction of sp³-hybridized carbons (Fsp3) is 0.700. The summed E-state index contributed by atoms with van der Waals surface area (Å²) in [5.74, 6) is 0.879. The average Bonchev–Trinajstić information content (AvgIpc) is 2.60. The van der Waals surface area contributed by atoms with E-state index in [0.29, 0.717) is 10.8 Å². The van der Waals surface area contributed by atoms with Crippen LogP contribution in [0, 0.1) is 0 Å². The highest BCUT2D eigenvalue weighted by Gasteiger charge is 2.15. The van der Waals surface area contributed by atoms with E-state index >= 15 is 0 Å².